The quantitative estimate of drug-likeness (QED) is 0.447. The van der Waals surface area contributed by atoms with Crippen molar-refractivity contribution >= 4 is 5.97 Å². The zero-order chi connectivity index (χ0) is 9.28. The van der Waals surface area contributed by atoms with Crippen molar-refractivity contribution in [2.24, 2.45) is 0 Å². The lowest BCUT2D eigenvalue weighted by atomic mass is 10.4. The molecule has 0 radical (unpaired) electrons. The van der Waals surface area contributed by atoms with E-state index in [1.807, 2.05) is 0 Å². The number of alkyl halides is 4. The van der Waals surface area contributed by atoms with Crippen LogP contribution in [-0.4, -0.2) is 18.0 Å². The first-order chi connectivity index (χ1) is 4.63. The summed E-state index contributed by atoms with van der Waals surface area (Å²) in [6.07, 6.45) is -5.14. The zero-order valence-electron chi connectivity index (χ0n) is 5.83. The summed E-state index contributed by atoms with van der Waals surface area (Å²) in [6.45, 7) is 1.41. The van der Waals surface area contributed by atoms with E-state index >= 15 is 0 Å². The lowest BCUT2D eigenvalue weighted by molar-refractivity contribution is -0.224. The molecule has 0 spiro atoms. The lowest BCUT2D eigenvalue weighted by Crippen LogP contribution is -2.32. The molecule has 0 heterocycles. The van der Waals surface area contributed by atoms with E-state index in [4.69, 9.17) is 0 Å². The Morgan fingerprint density at radius 2 is 1.55 bits per heavy atom. The SMILES string of the molecule is CC(C)(F)OC(=O)C(F)(F)F. The Balaban J connectivity index is 4.11. The topological polar surface area (TPSA) is 26.3 Å². The monoisotopic (exact) mass is 174 g/mol. The van der Waals surface area contributed by atoms with Crippen LogP contribution in [0.15, 0.2) is 0 Å². The standard InChI is InChI=1S/C5H6F4O2/c1-4(2,6)11-3(10)5(7,8)9/h1-2H3. The third kappa shape index (κ3) is 4.58. The minimum absolute atomic E-state index is 0.705. The van der Waals surface area contributed by atoms with E-state index in [1.165, 1.54) is 0 Å². The van der Waals surface area contributed by atoms with Gasteiger partial charge in [-0.2, -0.15) is 17.6 Å². The van der Waals surface area contributed by atoms with Crippen LogP contribution in [0.2, 0.25) is 0 Å². The van der Waals surface area contributed by atoms with E-state index in [0.29, 0.717) is 13.8 Å². The Morgan fingerprint density at radius 1 is 1.18 bits per heavy atom. The molecule has 0 rings (SSSR count). The Hall–Kier alpha value is -0.810. The van der Waals surface area contributed by atoms with Crippen molar-refractivity contribution in [2.45, 2.75) is 25.9 Å². The van der Waals surface area contributed by atoms with Crippen molar-refractivity contribution in [1.29, 1.82) is 0 Å². The molecule has 0 amide bonds. The van der Waals surface area contributed by atoms with E-state index in [9.17, 15) is 22.4 Å². The van der Waals surface area contributed by atoms with Gasteiger partial charge in [-0.15, -0.1) is 0 Å². The smallest absolute Gasteiger partial charge is 0.422 e. The summed E-state index contributed by atoms with van der Waals surface area (Å²) < 4.78 is 49.6. The van der Waals surface area contributed by atoms with Crippen molar-refractivity contribution in [3.8, 4) is 0 Å². The van der Waals surface area contributed by atoms with Gasteiger partial charge < -0.3 is 4.74 Å². The molecule has 6 heteroatoms. The highest BCUT2D eigenvalue weighted by atomic mass is 19.4. The third-order valence-corrected chi connectivity index (χ3v) is 0.567. The molecule has 66 valence electrons. The van der Waals surface area contributed by atoms with Crippen LogP contribution in [0.3, 0.4) is 0 Å². The number of rotatable bonds is 1. The Labute approximate surface area is 60.1 Å². The summed E-state index contributed by atoms with van der Waals surface area (Å²) in [7, 11) is 0. The maximum Gasteiger partial charge on any atom is 0.491 e. The summed E-state index contributed by atoms with van der Waals surface area (Å²) in [4.78, 5) is 9.89. The summed E-state index contributed by atoms with van der Waals surface area (Å²) >= 11 is 0. The first-order valence-corrected chi connectivity index (χ1v) is 2.62. The number of ether oxygens (including phenoxy) is 1. The summed E-state index contributed by atoms with van der Waals surface area (Å²) in [5, 5.41) is 0. The summed E-state index contributed by atoms with van der Waals surface area (Å²) in [6, 6.07) is 0. The van der Waals surface area contributed by atoms with Gasteiger partial charge in [0.1, 0.15) is 0 Å². The van der Waals surface area contributed by atoms with Crippen molar-refractivity contribution in [3.05, 3.63) is 0 Å². The van der Waals surface area contributed by atoms with Gasteiger partial charge in [-0.1, -0.05) is 0 Å². The van der Waals surface area contributed by atoms with Crippen LogP contribution in [0.25, 0.3) is 0 Å². The minimum Gasteiger partial charge on any atom is -0.422 e. The largest absolute Gasteiger partial charge is 0.491 e. The molecule has 0 atom stereocenters. The molecule has 0 aliphatic heterocycles. The molecule has 0 aliphatic carbocycles. The number of hydrogen-bond acceptors (Lipinski definition) is 2. The number of carbonyl (C=O) groups excluding carboxylic acids is 1. The van der Waals surface area contributed by atoms with Gasteiger partial charge in [0.15, 0.2) is 0 Å². The van der Waals surface area contributed by atoms with Gasteiger partial charge in [0, 0.05) is 13.8 Å². The van der Waals surface area contributed by atoms with Crippen molar-refractivity contribution in [2.75, 3.05) is 0 Å². The van der Waals surface area contributed by atoms with E-state index in [1.54, 1.807) is 0 Å². The summed E-state index contributed by atoms with van der Waals surface area (Å²) in [5.41, 5.74) is 0. The van der Waals surface area contributed by atoms with Gasteiger partial charge in [0.25, 0.3) is 0 Å². The van der Waals surface area contributed by atoms with E-state index < -0.39 is 18.0 Å². The second kappa shape index (κ2) is 2.67. The highest BCUT2D eigenvalue weighted by Crippen LogP contribution is 2.21. The normalized spacial score (nSPS) is 12.9. The highest BCUT2D eigenvalue weighted by molar-refractivity contribution is 5.75. The van der Waals surface area contributed by atoms with Crippen LogP contribution in [-0.2, 0) is 9.53 Å². The van der Waals surface area contributed by atoms with E-state index in [-0.39, 0.29) is 0 Å². The molecule has 11 heavy (non-hydrogen) atoms. The number of carbonyl (C=O) groups is 1. The molecule has 0 unspecified atom stereocenters. The van der Waals surface area contributed by atoms with Gasteiger partial charge >= 0.3 is 12.1 Å². The number of hydrogen-bond donors (Lipinski definition) is 0. The fraction of sp³-hybridized carbons (Fsp3) is 0.800. The van der Waals surface area contributed by atoms with Crippen molar-refractivity contribution < 1.29 is 27.1 Å². The maximum absolute atomic E-state index is 12.2. The number of esters is 1. The molecule has 0 aromatic carbocycles. The molecule has 0 fully saturated rings. The first-order valence-electron chi connectivity index (χ1n) is 2.62. The highest BCUT2D eigenvalue weighted by Gasteiger charge is 2.43. The van der Waals surface area contributed by atoms with Crippen LogP contribution in [0.4, 0.5) is 17.6 Å². The fourth-order valence-corrected chi connectivity index (χ4v) is 0.278. The lowest BCUT2D eigenvalue weighted by Gasteiger charge is -2.15. The van der Waals surface area contributed by atoms with Crippen molar-refractivity contribution in [3.63, 3.8) is 0 Å². The molecule has 0 aliphatic rings. The third-order valence-electron chi connectivity index (χ3n) is 0.567. The second-order valence-corrected chi connectivity index (χ2v) is 2.25. The van der Waals surface area contributed by atoms with Gasteiger partial charge in [0.2, 0.25) is 5.85 Å². The van der Waals surface area contributed by atoms with Crippen LogP contribution < -0.4 is 0 Å². The Bertz CT molecular complexity index is 155. The summed E-state index contributed by atoms with van der Waals surface area (Å²) in [5.74, 6) is -5.11. The van der Waals surface area contributed by atoms with E-state index in [0.717, 1.165) is 0 Å². The van der Waals surface area contributed by atoms with Crippen LogP contribution in [0.5, 0.6) is 0 Å². The molecule has 0 bridgehead atoms. The van der Waals surface area contributed by atoms with Crippen LogP contribution in [0.1, 0.15) is 13.8 Å². The van der Waals surface area contributed by atoms with Gasteiger partial charge in [-0.05, 0) is 0 Å². The Morgan fingerprint density at radius 3 is 1.64 bits per heavy atom. The second-order valence-electron chi connectivity index (χ2n) is 2.25. The van der Waals surface area contributed by atoms with Gasteiger partial charge in [-0.3, -0.25) is 0 Å². The van der Waals surface area contributed by atoms with Gasteiger partial charge in [0.05, 0.1) is 0 Å². The number of halogens is 4. The fourth-order valence-electron chi connectivity index (χ4n) is 0.278. The Kier molecular flexibility index (Phi) is 2.47. The minimum atomic E-state index is -5.14. The molecule has 0 saturated heterocycles. The van der Waals surface area contributed by atoms with Crippen molar-refractivity contribution in [1.82, 2.24) is 0 Å². The molecule has 0 saturated carbocycles. The first kappa shape index (κ1) is 10.2. The van der Waals surface area contributed by atoms with Gasteiger partial charge in [-0.25, -0.2) is 4.79 Å². The molecular formula is C5H6F4O2. The zero-order valence-corrected chi connectivity index (χ0v) is 5.83. The van der Waals surface area contributed by atoms with E-state index in [2.05, 4.69) is 4.74 Å². The predicted octanol–water partition coefficient (Wildman–Crippen LogP) is 1.80. The average Bonchev–Trinajstić information content (AvgIpc) is 1.56. The molecular weight excluding hydrogens is 168 g/mol. The molecule has 2 nitrogen and oxygen atoms in total. The molecule has 0 N–H and O–H groups in total. The molecule has 0 aromatic rings. The average molecular weight is 174 g/mol. The van der Waals surface area contributed by atoms with Crippen LogP contribution >= 0.6 is 0 Å². The maximum atomic E-state index is 12.2. The van der Waals surface area contributed by atoms with Crippen LogP contribution in [0, 0.1) is 0 Å². The molecule has 0 aromatic heterocycles. The predicted molar refractivity (Wildman–Crippen MR) is 27.3 cm³/mol.